The van der Waals surface area contributed by atoms with Crippen LogP contribution in [0, 0.1) is 15.9 Å². The predicted molar refractivity (Wildman–Crippen MR) is 72.4 cm³/mol. The van der Waals surface area contributed by atoms with Gasteiger partial charge in [0.1, 0.15) is 5.82 Å². The van der Waals surface area contributed by atoms with E-state index in [2.05, 4.69) is 15.3 Å². The lowest BCUT2D eigenvalue weighted by Gasteiger charge is -2.07. The molecule has 0 aliphatic heterocycles. The van der Waals surface area contributed by atoms with Gasteiger partial charge in [0, 0.05) is 12.1 Å². The van der Waals surface area contributed by atoms with Crippen molar-refractivity contribution in [2.75, 3.05) is 5.32 Å². The molecule has 1 aromatic heterocycles. The smallest absolute Gasteiger partial charge is 0.348 e. The summed E-state index contributed by atoms with van der Waals surface area (Å²) in [5.74, 6) is -0.600. The lowest BCUT2D eigenvalue weighted by Crippen LogP contribution is -2.07. The van der Waals surface area contributed by atoms with Gasteiger partial charge in [-0.15, -0.1) is 0 Å². The quantitative estimate of drug-likeness (QED) is 0.404. The van der Waals surface area contributed by atoms with Gasteiger partial charge in [0.2, 0.25) is 16.3 Å². The second kappa shape index (κ2) is 5.98. The van der Waals surface area contributed by atoms with Crippen LogP contribution in [-0.2, 0) is 6.54 Å². The van der Waals surface area contributed by atoms with Crippen molar-refractivity contribution < 1.29 is 9.31 Å². The molecule has 0 saturated heterocycles. The Morgan fingerprint density at radius 1 is 1.30 bits per heavy atom. The van der Waals surface area contributed by atoms with Crippen molar-refractivity contribution in [3.05, 3.63) is 56.2 Å². The van der Waals surface area contributed by atoms with Crippen molar-refractivity contribution >= 4 is 34.7 Å². The fourth-order valence-electron chi connectivity index (χ4n) is 1.51. The maximum Gasteiger partial charge on any atom is 0.348 e. The van der Waals surface area contributed by atoms with Gasteiger partial charge in [-0.05, 0) is 17.7 Å². The molecule has 0 bridgehead atoms. The Balaban J connectivity index is 2.30. The van der Waals surface area contributed by atoms with E-state index in [4.69, 9.17) is 23.2 Å². The van der Waals surface area contributed by atoms with Crippen molar-refractivity contribution in [1.29, 1.82) is 0 Å². The summed E-state index contributed by atoms with van der Waals surface area (Å²) < 4.78 is 13.5. The first-order valence-corrected chi connectivity index (χ1v) is 6.09. The number of hydrogen-bond acceptors (Lipinski definition) is 5. The molecular weight excluding hydrogens is 310 g/mol. The number of nitrogens with one attached hydrogen (secondary N) is 1. The molecule has 2 aromatic rings. The van der Waals surface area contributed by atoms with Crippen LogP contribution in [0.4, 0.5) is 15.9 Å². The van der Waals surface area contributed by atoms with Gasteiger partial charge in [-0.2, -0.15) is 9.97 Å². The molecule has 6 nitrogen and oxygen atoms in total. The number of nitro groups is 1. The molecule has 20 heavy (non-hydrogen) atoms. The first-order valence-electron chi connectivity index (χ1n) is 5.33. The van der Waals surface area contributed by atoms with Crippen LogP contribution >= 0.6 is 23.2 Å². The lowest BCUT2D eigenvalue weighted by atomic mass is 10.2. The van der Waals surface area contributed by atoms with Crippen molar-refractivity contribution in [3.8, 4) is 0 Å². The number of anilines is 1. The van der Waals surface area contributed by atoms with Gasteiger partial charge in [-0.1, -0.05) is 29.8 Å². The average Bonchev–Trinajstić information content (AvgIpc) is 2.36. The summed E-state index contributed by atoms with van der Waals surface area (Å²) in [6.45, 7) is -0.00279. The summed E-state index contributed by atoms with van der Waals surface area (Å²) in [4.78, 5) is 17.4. The van der Waals surface area contributed by atoms with E-state index in [0.717, 1.165) is 0 Å². The highest BCUT2D eigenvalue weighted by atomic mass is 35.5. The van der Waals surface area contributed by atoms with Crippen LogP contribution in [0.15, 0.2) is 24.3 Å². The molecule has 0 aliphatic carbocycles. The number of hydrogen-bond donors (Lipinski definition) is 1. The van der Waals surface area contributed by atoms with E-state index in [9.17, 15) is 14.5 Å². The molecule has 0 amide bonds. The zero-order chi connectivity index (χ0) is 14.7. The van der Waals surface area contributed by atoms with Crippen LogP contribution in [0.2, 0.25) is 10.4 Å². The molecule has 1 heterocycles. The number of halogens is 3. The van der Waals surface area contributed by atoms with Crippen LogP contribution in [-0.4, -0.2) is 14.9 Å². The van der Waals surface area contributed by atoms with E-state index in [0.29, 0.717) is 5.56 Å². The first-order chi connectivity index (χ1) is 9.49. The van der Waals surface area contributed by atoms with Gasteiger partial charge >= 0.3 is 5.69 Å². The molecule has 0 radical (unpaired) electrons. The van der Waals surface area contributed by atoms with Gasteiger partial charge in [-0.25, -0.2) is 4.39 Å². The van der Waals surface area contributed by atoms with Crippen LogP contribution in [0.25, 0.3) is 0 Å². The largest absolute Gasteiger partial charge is 0.360 e. The van der Waals surface area contributed by atoms with E-state index in [1.54, 1.807) is 18.2 Å². The zero-order valence-corrected chi connectivity index (χ0v) is 11.3. The van der Waals surface area contributed by atoms with E-state index in [-0.39, 0.29) is 22.8 Å². The van der Waals surface area contributed by atoms with Crippen LogP contribution in [0.3, 0.4) is 0 Å². The Kier molecular flexibility index (Phi) is 4.31. The minimum absolute atomic E-state index is 0.00279. The van der Waals surface area contributed by atoms with E-state index in [1.165, 1.54) is 6.07 Å². The van der Waals surface area contributed by atoms with Gasteiger partial charge in [0.25, 0.3) is 0 Å². The van der Waals surface area contributed by atoms with Crippen LogP contribution < -0.4 is 5.32 Å². The molecule has 0 atom stereocenters. The third kappa shape index (κ3) is 3.12. The predicted octanol–water partition coefficient (Wildman–Crippen LogP) is 3.44. The number of nitrogens with zero attached hydrogens (tertiary/aromatic N) is 3. The second-order valence-corrected chi connectivity index (χ2v) is 4.38. The topological polar surface area (TPSA) is 81.0 Å². The summed E-state index contributed by atoms with van der Waals surface area (Å²) >= 11 is 11.2. The maximum atomic E-state index is 13.5. The Morgan fingerprint density at radius 3 is 2.65 bits per heavy atom. The Labute approximate surface area is 122 Å². The third-order valence-electron chi connectivity index (χ3n) is 2.40. The molecule has 1 N–H and O–H groups in total. The lowest BCUT2D eigenvalue weighted by molar-refractivity contribution is -0.384. The summed E-state index contributed by atoms with van der Waals surface area (Å²) in [7, 11) is 0. The van der Waals surface area contributed by atoms with E-state index >= 15 is 0 Å². The Hall–Kier alpha value is -1.99. The summed E-state index contributed by atoms with van der Waals surface area (Å²) in [5.41, 5.74) is -0.180. The normalized spacial score (nSPS) is 10.3. The van der Waals surface area contributed by atoms with E-state index in [1.807, 2.05) is 0 Å². The second-order valence-electron chi connectivity index (χ2n) is 3.68. The number of aromatic nitrogens is 2. The molecule has 9 heteroatoms. The SMILES string of the molecule is O=[N+]([O-])c1c(Cl)nc(Cl)nc1NCc1ccccc1F. The fraction of sp³-hybridized carbons (Fsp3) is 0.0909. The molecule has 1 aromatic carbocycles. The standard InChI is InChI=1S/C11H7Cl2FN4O2/c12-9-8(18(19)20)10(17-11(13)16-9)15-5-6-3-1-2-4-7(6)14/h1-4H,5H2,(H,15,16,17). The fourth-order valence-corrected chi connectivity index (χ4v) is 1.96. The van der Waals surface area contributed by atoms with Crippen molar-refractivity contribution in [2.24, 2.45) is 0 Å². The molecule has 0 spiro atoms. The molecule has 104 valence electrons. The van der Waals surface area contributed by atoms with Crippen molar-refractivity contribution in [1.82, 2.24) is 9.97 Å². The minimum Gasteiger partial charge on any atom is -0.360 e. The maximum absolute atomic E-state index is 13.5. The van der Waals surface area contributed by atoms with Gasteiger partial charge < -0.3 is 5.32 Å². The minimum atomic E-state index is -0.734. The molecular formula is C11H7Cl2FN4O2. The van der Waals surface area contributed by atoms with Crippen molar-refractivity contribution in [3.63, 3.8) is 0 Å². The van der Waals surface area contributed by atoms with Gasteiger partial charge in [0.05, 0.1) is 4.92 Å². The highest BCUT2D eigenvalue weighted by Gasteiger charge is 2.23. The number of rotatable bonds is 4. The van der Waals surface area contributed by atoms with Gasteiger partial charge in [-0.3, -0.25) is 10.1 Å². The summed E-state index contributed by atoms with van der Waals surface area (Å²) in [6, 6.07) is 6.01. The zero-order valence-electron chi connectivity index (χ0n) is 9.81. The summed E-state index contributed by atoms with van der Waals surface area (Å²) in [6.07, 6.45) is 0. The Morgan fingerprint density at radius 2 is 2.00 bits per heavy atom. The molecule has 0 aliphatic rings. The highest BCUT2D eigenvalue weighted by molar-refractivity contribution is 6.33. The molecule has 0 saturated carbocycles. The van der Waals surface area contributed by atoms with Crippen LogP contribution in [0.5, 0.6) is 0 Å². The number of benzene rings is 1. The molecule has 2 rings (SSSR count). The van der Waals surface area contributed by atoms with Gasteiger partial charge in [0.15, 0.2) is 0 Å². The highest BCUT2D eigenvalue weighted by Crippen LogP contribution is 2.30. The summed E-state index contributed by atoms with van der Waals surface area (Å²) in [5, 5.41) is 12.9. The molecule has 0 fully saturated rings. The monoisotopic (exact) mass is 316 g/mol. The van der Waals surface area contributed by atoms with E-state index < -0.39 is 16.4 Å². The van der Waals surface area contributed by atoms with Crippen LogP contribution in [0.1, 0.15) is 5.56 Å². The van der Waals surface area contributed by atoms with Crippen molar-refractivity contribution in [2.45, 2.75) is 6.54 Å². The first kappa shape index (κ1) is 14.4. The average molecular weight is 317 g/mol. The molecule has 0 unspecified atom stereocenters. The Bertz CT molecular complexity index is 669. The third-order valence-corrected chi connectivity index (χ3v) is 2.83.